The molecule has 7 nitrogen and oxygen atoms in total. The molecule has 1 aromatic carbocycles. The van der Waals surface area contributed by atoms with Crippen LogP contribution in [0.5, 0.6) is 0 Å². The average molecular weight is 285 g/mol. The van der Waals surface area contributed by atoms with Crippen LogP contribution in [0.4, 0.5) is 5.69 Å². The van der Waals surface area contributed by atoms with Gasteiger partial charge in [0, 0.05) is 10.9 Å². The molecule has 9 heteroatoms. The zero-order valence-electron chi connectivity index (χ0n) is 8.79. The van der Waals surface area contributed by atoms with Gasteiger partial charge < -0.3 is 0 Å². The Morgan fingerprint density at radius 1 is 1.33 bits per heavy atom. The molecule has 0 bridgehead atoms. The van der Waals surface area contributed by atoms with Crippen molar-refractivity contribution in [1.29, 1.82) is 0 Å². The van der Waals surface area contributed by atoms with E-state index in [1.807, 2.05) is 0 Å². The molecular weight excluding hydrogens is 278 g/mol. The van der Waals surface area contributed by atoms with E-state index in [0.717, 1.165) is 11.5 Å². The summed E-state index contributed by atoms with van der Waals surface area (Å²) < 4.78 is 35.1. The maximum absolute atomic E-state index is 11.1. The van der Waals surface area contributed by atoms with Crippen molar-refractivity contribution in [2.24, 2.45) is 0 Å². The number of para-hydroxylation sites is 1. The molecule has 0 spiro atoms. The van der Waals surface area contributed by atoms with Gasteiger partial charge in [0.25, 0.3) is 0 Å². The van der Waals surface area contributed by atoms with Gasteiger partial charge in [0.15, 0.2) is 0 Å². The lowest BCUT2D eigenvalue weighted by molar-refractivity contribution is -0.106. The van der Waals surface area contributed by atoms with Gasteiger partial charge in [-0.1, -0.05) is 22.7 Å². The highest BCUT2D eigenvalue weighted by Gasteiger charge is 2.22. The van der Waals surface area contributed by atoms with Gasteiger partial charge in [-0.3, -0.25) is 9.35 Å². The Hall–Kier alpha value is -1.84. The SMILES string of the molecule is O=CN(c1ccccc1-c1csnn1)S(=O)(=O)O. The van der Waals surface area contributed by atoms with Crippen LogP contribution in [0.25, 0.3) is 11.3 Å². The quantitative estimate of drug-likeness (QED) is 0.663. The number of amides is 1. The standard InChI is InChI=1S/C9H7N3O4S2/c13-6-12(18(14,15)16)9-4-2-1-3-7(9)8-5-17-11-10-8/h1-6H,(H,14,15,16). The summed E-state index contributed by atoms with van der Waals surface area (Å²) in [4.78, 5) is 10.8. The molecule has 2 rings (SSSR count). The summed E-state index contributed by atoms with van der Waals surface area (Å²) in [5.41, 5.74) is 0.824. The van der Waals surface area contributed by atoms with E-state index in [4.69, 9.17) is 4.55 Å². The molecule has 0 aliphatic carbocycles. The third kappa shape index (κ3) is 2.37. The number of hydrogen-bond donors (Lipinski definition) is 1. The van der Waals surface area contributed by atoms with Crippen molar-refractivity contribution in [3.05, 3.63) is 29.6 Å². The summed E-state index contributed by atoms with van der Waals surface area (Å²) in [5.74, 6) is 0. The Bertz CT molecular complexity index is 654. The van der Waals surface area contributed by atoms with Crippen LogP contribution in [0.15, 0.2) is 29.6 Å². The lowest BCUT2D eigenvalue weighted by atomic mass is 10.1. The van der Waals surface area contributed by atoms with E-state index in [9.17, 15) is 13.2 Å². The third-order valence-corrected chi connectivity index (χ3v) is 3.41. The maximum atomic E-state index is 11.1. The van der Waals surface area contributed by atoms with Crippen LogP contribution < -0.4 is 4.31 Å². The molecule has 0 saturated carbocycles. The first-order valence-corrected chi connectivity index (χ1v) is 6.86. The lowest BCUT2D eigenvalue weighted by Gasteiger charge is -2.15. The summed E-state index contributed by atoms with van der Waals surface area (Å²) in [7, 11) is -4.66. The van der Waals surface area contributed by atoms with Crippen molar-refractivity contribution in [2.75, 3.05) is 4.31 Å². The van der Waals surface area contributed by atoms with Crippen molar-refractivity contribution in [3.8, 4) is 11.3 Å². The summed E-state index contributed by atoms with van der Waals surface area (Å²) in [6, 6.07) is 6.16. The Morgan fingerprint density at radius 2 is 2.06 bits per heavy atom. The Kier molecular flexibility index (Phi) is 3.36. The van der Waals surface area contributed by atoms with Gasteiger partial charge >= 0.3 is 10.3 Å². The molecule has 1 aromatic heterocycles. The maximum Gasteiger partial charge on any atom is 0.366 e. The third-order valence-electron chi connectivity index (χ3n) is 2.12. The van der Waals surface area contributed by atoms with Gasteiger partial charge in [-0.2, -0.15) is 12.7 Å². The fourth-order valence-electron chi connectivity index (χ4n) is 1.40. The van der Waals surface area contributed by atoms with Gasteiger partial charge in [0.2, 0.25) is 6.41 Å². The summed E-state index contributed by atoms with van der Waals surface area (Å²) in [5, 5.41) is 5.40. The van der Waals surface area contributed by atoms with Crippen molar-refractivity contribution in [3.63, 3.8) is 0 Å². The molecule has 0 fully saturated rings. The average Bonchev–Trinajstić information content (AvgIpc) is 2.82. The first-order valence-electron chi connectivity index (χ1n) is 4.62. The number of rotatable bonds is 4. The first kappa shape index (κ1) is 12.6. The molecule has 0 radical (unpaired) electrons. The normalized spacial score (nSPS) is 11.2. The number of aromatic nitrogens is 2. The minimum absolute atomic E-state index is 0.0164. The minimum atomic E-state index is -4.66. The van der Waals surface area contributed by atoms with Gasteiger partial charge in [0.05, 0.1) is 5.69 Å². The first-order chi connectivity index (χ1) is 8.54. The second kappa shape index (κ2) is 4.80. The molecule has 1 amide bonds. The number of carbonyl (C=O) groups excluding carboxylic acids is 1. The van der Waals surface area contributed by atoms with E-state index >= 15 is 0 Å². The van der Waals surface area contributed by atoms with E-state index in [1.165, 1.54) is 6.07 Å². The zero-order chi connectivity index (χ0) is 13.2. The lowest BCUT2D eigenvalue weighted by Crippen LogP contribution is -2.29. The molecule has 1 N–H and O–H groups in total. The zero-order valence-corrected chi connectivity index (χ0v) is 10.4. The number of carbonyl (C=O) groups is 1. The highest BCUT2D eigenvalue weighted by molar-refractivity contribution is 7.88. The van der Waals surface area contributed by atoms with Crippen molar-refractivity contribution >= 4 is 33.9 Å². The minimum Gasteiger partial charge on any atom is -0.277 e. The van der Waals surface area contributed by atoms with Crippen LogP contribution in [0, 0.1) is 0 Å². The van der Waals surface area contributed by atoms with E-state index in [0.29, 0.717) is 11.3 Å². The Morgan fingerprint density at radius 3 is 2.61 bits per heavy atom. The summed E-state index contributed by atoms with van der Waals surface area (Å²) in [6.07, 6.45) is 0.0218. The predicted molar refractivity (Wildman–Crippen MR) is 65.4 cm³/mol. The molecule has 0 aliphatic heterocycles. The van der Waals surface area contributed by atoms with Crippen LogP contribution in [0.3, 0.4) is 0 Å². The second-order valence-corrected chi connectivity index (χ2v) is 5.09. The topological polar surface area (TPSA) is 100 Å². The van der Waals surface area contributed by atoms with Crippen molar-refractivity contribution < 1.29 is 17.8 Å². The van der Waals surface area contributed by atoms with E-state index in [1.54, 1.807) is 23.6 Å². The summed E-state index contributed by atoms with van der Waals surface area (Å²) in [6.45, 7) is 0. The highest BCUT2D eigenvalue weighted by Crippen LogP contribution is 2.30. The molecule has 18 heavy (non-hydrogen) atoms. The van der Waals surface area contributed by atoms with Gasteiger partial charge in [-0.05, 0) is 17.6 Å². The van der Waals surface area contributed by atoms with E-state index in [2.05, 4.69) is 9.59 Å². The van der Waals surface area contributed by atoms with Gasteiger partial charge in [-0.15, -0.1) is 5.10 Å². The Balaban J connectivity index is 2.62. The highest BCUT2D eigenvalue weighted by atomic mass is 32.2. The van der Waals surface area contributed by atoms with Crippen molar-refractivity contribution in [2.45, 2.75) is 0 Å². The van der Waals surface area contributed by atoms with Crippen molar-refractivity contribution in [1.82, 2.24) is 9.59 Å². The second-order valence-electron chi connectivity index (χ2n) is 3.19. The van der Waals surface area contributed by atoms with Gasteiger partial charge in [-0.25, -0.2) is 0 Å². The molecule has 0 saturated heterocycles. The Labute approximate surface area is 107 Å². The monoisotopic (exact) mass is 285 g/mol. The number of nitrogens with zero attached hydrogens (tertiary/aromatic N) is 3. The number of anilines is 1. The van der Waals surface area contributed by atoms with Crippen LogP contribution in [-0.4, -0.2) is 29.0 Å². The number of hydrogen-bond acceptors (Lipinski definition) is 6. The summed E-state index contributed by atoms with van der Waals surface area (Å²) >= 11 is 1.09. The smallest absolute Gasteiger partial charge is 0.277 e. The molecule has 1 heterocycles. The molecule has 94 valence electrons. The van der Waals surface area contributed by atoms with E-state index in [-0.39, 0.29) is 16.4 Å². The molecule has 0 aliphatic rings. The number of benzene rings is 1. The largest absolute Gasteiger partial charge is 0.366 e. The van der Waals surface area contributed by atoms with E-state index < -0.39 is 10.3 Å². The van der Waals surface area contributed by atoms with Crippen LogP contribution in [-0.2, 0) is 15.1 Å². The van der Waals surface area contributed by atoms with Gasteiger partial charge in [0.1, 0.15) is 5.69 Å². The molecular formula is C9H7N3O4S2. The van der Waals surface area contributed by atoms with Crippen LogP contribution in [0.2, 0.25) is 0 Å². The predicted octanol–water partition coefficient (Wildman–Crippen LogP) is 0.971. The molecule has 2 aromatic rings. The van der Waals surface area contributed by atoms with Crippen LogP contribution >= 0.6 is 11.5 Å². The molecule has 0 unspecified atom stereocenters. The fraction of sp³-hybridized carbons (Fsp3) is 0. The fourth-order valence-corrected chi connectivity index (χ4v) is 2.37. The van der Waals surface area contributed by atoms with Crippen LogP contribution in [0.1, 0.15) is 0 Å². The molecule has 0 atom stereocenters.